The number of anilines is 1. The van der Waals surface area contributed by atoms with E-state index in [1.807, 2.05) is 54.9 Å². The molecule has 1 unspecified atom stereocenters. The minimum absolute atomic E-state index is 0.0963. The van der Waals surface area contributed by atoms with Crippen LogP contribution in [0.25, 0.3) is 0 Å². The number of nitrogens with one attached hydrogen (secondary N) is 1. The topological polar surface area (TPSA) is 87.4 Å². The second-order valence-electron chi connectivity index (χ2n) is 6.82. The fraction of sp³-hybridized carbons (Fsp3) is 0.125. The smallest absolute Gasteiger partial charge is 0.222 e. The van der Waals surface area contributed by atoms with Crippen molar-refractivity contribution in [2.75, 3.05) is 12.4 Å². The van der Waals surface area contributed by atoms with Gasteiger partial charge in [-0.2, -0.15) is 5.26 Å². The molecule has 3 aromatic heterocycles. The van der Waals surface area contributed by atoms with E-state index in [9.17, 15) is 5.26 Å². The van der Waals surface area contributed by atoms with Gasteiger partial charge in [0.15, 0.2) is 0 Å². The van der Waals surface area contributed by atoms with Gasteiger partial charge in [-0.25, -0.2) is 9.97 Å². The Bertz CT molecular complexity index is 1120. The number of benzene rings is 1. The molecule has 4 rings (SSSR count). The number of nitrogens with zero attached hydrogens (tertiary/aromatic N) is 5. The highest BCUT2D eigenvalue weighted by Crippen LogP contribution is 2.42. The lowest BCUT2D eigenvalue weighted by Crippen LogP contribution is -2.17. The number of aromatic nitrogens is 4. The van der Waals surface area contributed by atoms with Crippen molar-refractivity contribution in [1.29, 1.82) is 5.26 Å². The van der Waals surface area contributed by atoms with E-state index in [1.54, 1.807) is 25.6 Å². The van der Waals surface area contributed by atoms with Gasteiger partial charge in [0.05, 0.1) is 17.3 Å². The fourth-order valence-electron chi connectivity index (χ4n) is 3.70. The third kappa shape index (κ3) is 4.01. The Balaban J connectivity index is 1.97. The molecular formula is C24H20N6. The zero-order valence-electron chi connectivity index (χ0n) is 16.5. The second-order valence-corrected chi connectivity index (χ2v) is 6.82. The van der Waals surface area contributed by atoms with Gasteiger partial charge in [-0.3, -0.25) is 9.97 Å². The van der Waals surface area contributed by atoms with Gasteiger partial charge in [-0.15, -0.1) is 0 Å². The number of rotatable bonds is 6. The van der Waals surface area contributed by atoms with Crippen LogP contribution in [0.3, 0.4) is 0 Å². The molecule has 0 fully saturated rings. The van der Waals surface area contributed by atoms with Gasteiger partial charge in [-0.1, -0.05) is 24.3 Å². The van der Waals surface area contributed by atoms with Gasteiger partial charge in [0.2, 0.25) is 5.95 Å². The van der Waals surface area contributed by atoms with Crippen molar-refractivity contribution in [2.24, 2.45) is 0 Å². The van der Waals surface area contributed by atoms with Crippen molar-refractivity contribution in [3.8, 4) is 6.07 Å². The van der Waals surface area contributed by atoms with Gasteiger partial charge in [-0.05, 0) is 47.0 Å². The maximum absolute atomic E-state index is 9.46. The Kier molecular flexibility index (Phi) is 5.72. The number of hydrogen-bond donors (Lipinski definition) is 1. The fourth-order valence-corrected chi connectivity index (χ4v) is 3.70. The van der Waals surface area contributed by atoms with Crippen LogP contribution in [0.5, 0.6) is 0 Å². The van der Waals surface area contributed by atoms with E-state index in [2.05, 4.69) is 38.5 Å². The predicted octanol–water partition coefficient (Wildman–Crippen LogP) is 4.14. The highest BCUT2D eigenvalue weighted by atomic mass is 15.1. The summed E-state index contributed by atoms with van der Waals surface area (Å²) in [6.07, 6.45) is 9.02. The maximum atomic E-state index is 9.46. The molecule has 1 aromatic carbocycles. The zero-order valence-corrected chi connectivity index (χ0v) is 16.5. The normalized spacial score (nSPS) is 11.6. The first-order valence-corrected chi connectivity index (χ1v) is 9.60. The van der Waals surface area contributed by atoms with Crippen molar-refractivity contribution in [2.45, 2.75) is 11.8 Å². The minimum Gasteiger partial charge on any atom is -0.357 e. The maximum Gasteiger partial charge on any atom is 0.222 e. The van der Waals surface area contributed by atoms with Gasteiger partial charge >= 0.3 is 0 Å². The molecule has 4 aromatic rings. The number of hydrogen-bond acceptors (Lipinski definition) is 6. The lowest BCUT2D eigenvalue weighted by Gasteiger charge is -2.28. The average molecular weight is 392 g/mol. The molecule has 0 spiro atoms. The monoisotopic (exact) mass is 392 g/mol. The molecule has 1 N–H and O–H groups in total. The van der Waals surface area contributed by atoms with Gasteiger partial charge in [0.25, 0.3) is 0 Å². The van der Waals surface area contributed by atoms with Crippen LogP contribution in [-0.4, -0.2) is 27.0 Å². The molecule has 0 saturated carbocycles. The summed E-state index contributed by atoms with van der Waals surface area (Å²) in [5.41, 5.74) is 4.54. The highest BCUT2D eigenvalue weighted by molar-refractivity contribution is 5.45. The van der Waals surface area contributed by atoms with Crippen LogP contribution in [-0.2, 0) is 0 Å². The summed E-state index contributed by atoms with van der Waals surface area (Å²) < 4.78 is 0. The zero-order chi connectivity index (χ0) is 20.8. The van der Waals surface area contributed by atoms with E-state index in [0.29, 0.717) is 11.5 Å². The SMILES string of the molecule is CNc1nccc(C(c2cccc(C#N)c2)C(c2cccnc2)c2cccnc2)n1. The summed E-state index contributed by atoms with van der Waals surface area (Å²) in [4.78, 5) is 17.7. The van der Waals surface area contributed by atoms with Crippen LogP contribution < -0.4 is 5.32 Å². The van der Waals surface area contributed by atoms with E-state index in [1.165, 1.54) is 0 Å². The van der Waals surface area contributed by atoms with Crippen LogP contribution >= 0.6 is 0 Å². The first-order chi connectivity index (χ1) is 14.8. The molecule has 6 nitrogen and oxygen atoms in total. The van der Waals surface area contributed by atoms with E-state index in [-0.39, 0.29) is 11.8 Å². The standard InChI is InChI=1S/C24H20N6/c1-26-24-29-12-9-21(30-24)23(18-6-2-5-17(13-18)14-25)22(19-7-3-10-27-15-19)20-8-4-11-28-16-20/h2-13,15-16,22-23H,1H3,(H,26,29,30). The van der Waals surface area contributed by atoms with E-state index in [0.717, 1.165) is 22.4 Å². The van der Waals surface area contributed by atoms with E-state index < -0.39 is 0 Å². The summed E-state index contributed by atoms with van der Waals surface area (Å²) in [5.74, 6) is 0.285. The Morgan fingerprint density at radius 2 is 1.53 bits per heavy atom. The minimum atomic E-state index is -0.165. The summed E-state index contributed by atoms with van der Waals surface area (Å²) in [5, 5.41) is 12.5. The van der Waals surface area contributed by atoms with Gasteiger partial charge in [0, 0.05) is 49.9 Å². The Morgan fingerprint density at radius 3 is 2.13 bits per heavy atom. The average Bonchev–Trinajstić information content (AvgIpc) is 2.83. The van der Waals surface area contributed by atoms with Crippen molar-refractivity contribution >= 4 is 5.95 Å². The predicted molar refractivity (Wildman–Crippen MR) is 115 cm³/mol. The largest absolute Gasteiger partial charge is 0.357 e. The quantitative estimate of drug-likeness (QED) is 0.530. The molecule has 146 valence electrons. The molecule has 3 heterocycles. The molecule has 0 aliphatic rings. The molecule has 0 saturated heterocycles. The molecule has 0 bridgehead atoms. The number of pyridine rings is 2. The second kappa shape index (κ2) is 8.93. The van der Waals surface area contributed by atoms with Crippen molar-refractivity contribution < 1.29 is 0 Å². The Hall–Kier alpha value is -4.11. The van der Waals surface area contributed by atoms with Crippen LogP contribution in [0.2, 0.25) is 0 Å². The summed E-state index contributed by atoms with van der Waals surface area (Å²) >= 11 is 0. The first kappa shape index (κ1) is 19.2. The van der Waals surface area contributed by atoms with Crippen LogP contribution in [0, 0.1) is 11.3 Å². The Morgan fingerprint density at radius 1 is 0.833 bits per heavy atom. The molecule has 0 aliphatic heterocycles. The first-order valence-electron chi connectivity index (χ1n) is 9.60. The lowest BCUT2D eigenvalue weighted by atomic mass is 9.76. The van der Waals surface area contributed by atoms with E-state index in [4.69, 9.17) is 4.98 Å². The molecule has 0 aliphatic carbocycles. The van der Waals surface area contributed by atoms with Crippen molar-refractivity contribution in [3.05, 3.63) is 114 Å². The summed E-state index contributed by atoms with van der Waals surface area (Å²) in [6, 6.07) is 19.8. The summed E-state index contributed by atoms with van der Waals surface area (Å²) in [7, 11) is 1.80. The lowest BCUT2D eigenvalue weighted by molar-refractivity contribution is 0.668. The van der Waals surface area contributed by atoms with E-state index >= 15 is 0 Å². The highest BCUT2D eigenvalue weighted by Gasteiger charge is 2.30. The molecule has 30 heavy (non-hydrogen) atoms. The van der Waals surface area contributed by atoms with Crippen molar-refractivity contribution in [1.82, 2.24) is 19.9 Å². The van der Waals surface area contributed by atoms with Crippen LogP contribution in [0.1, 0.15) is 39.8 Å². The Labute approximate surface area is 175 Å². The molecule has 0 radical (unpaired) electrons. The molecule has 6 heteroatoms. The van der Waals surface area contributed by atoms with Crippen LogP contribution in [0.4, 0.5) is 5.95 Å². The number of nitriles is 1. The molecule has 1 atom stereocenters. The van der Waals surface area contributed by atoms with Crippen molar-refractivity contribution in [3.63, 3.8) is 0 Å². The third-order valence-corrected chi connectivity index (χ3v) is 5.01. The van der Waals surface area contributed by atoms with Gasteiger partial charge in [0.1, 0.15) is 0 Å². The molecular weight excluding hydrogens is 372 g/mol. The van der Waals surface area contributed by atoms with Gasteiger partial charge < -0.3 is 5.32 Å². The summed E-state index contributed by atoms with van der Waals surface area (Å²) in [6.45, 7) is 0. The van der Waals surface area contributed by atoms with Crippen LogP contribution in [0.15, 0.2) is 85.6 Å². The third-order valence-electron chi connectivity index (χ3n) is 5.01. The molecule has 0 amide bonds.